The van der Waals surface area contributed by atoms with Gasteiger partial charge in [-0.2, -0.15) is 5.26 Å². The Morgan fingerprint density at radius 2 is 1.55 bits per heavy atom. The van der Waals surface area contributed by atoms with Crippen molar-refractivity contribution in [2.45, 2.75) is 0 Å². The first-order valence-electron chi connectivity index (χ1n) is 9.30. The second-order valence-electron chi connectivity index (χ2n) is 6.37. The van der Waals surface area contributed by atoms with Gasteiger partial charge in [0.15, 0.2) is 6.61 Å². The maximum absolute atomic E-state index is 12.5. The number of ether oxygens (including phenoxy) is 1. The summed E-state index contributed by atoms with van der Waals surface area (Å²) in [4.78, 5) is 24.7. The number of anilines is 2. The number of hydrogen-bond acceptors (Lipinski definition) is 4. The van der Waals surface area contributed by atoms with Crippen LogP contribution in [0.2, 0.25) is 0 Å². The van der Waals surface area contributed by atoms with Gasteiger partial charge in [0, 0.05) is 21.4 Å². The topological polar surface area (TPSA) is 91.2 Å². The van der Waals surface area contributed by atoms with Gasteiger partial charge in [-0.1, -0.05) is 52.3 Å². The van der Waals surface area contributed by atoms with Crippen LogP contribution in [0.25, 0.3) is 6.08 Å². The highest BCUT2D eigenvalue weighted by Gasteiger charge is 2.13. The molecule has 0 saturated carbocycles. The molecule has 3 rings (SSSR count). The predicted molar refractivity (Wildman–Crippen MR) is 123 cm³/mol. The number of carbonyl (C=O) groups is 2. The molecule has 0 unspecified atom stereocenters. The van der Waals surface area contributed by atoms with Crippen molar-refractivity contribution in [1.29, 1.82) is 5.26 Å². The minimum absolute atomic E-state index is 0.0967. The summed E-state index contributed by atoms with van der Waals surface area (Å²) in [5.74, 6) is -0.500. The summed E-state index contributed by atoms with van der Waals surface area (Å²) in [7, 11) is 0. The number of halogens is 1. The summed E-state index contributed by atoms with van der Waals surface area (Å²) in [6.45, 7) is -0.227. The number of amides is 2. The van der Waals surface area contributed by atoms with Gasteiger partial charge in [0.25, 0.3) is 11.8 Å². The summed E-state index contributed by atoms with van der Waals surface area (Å²) in [5.41, 5.74) is 1.63. The standard InChI is InChI=1S/C24H18BrN3O3/c25-19-11-12-22(31-16-23(29)27-20-7-3-1-4-8-20)17(14-19)13-18(15-26)24(30)28-21-9-5-2-6-10-21/h1-14H,16H2,(H,27,29)(H,28,30)/b18-13+. The van der Waals surface area contributed by atoms with E-state index in [2.05, 4.69) is 26.6 Å². The lowest BCUT2D eigenvalue weighted by Gasteiger charge is -2.11. The van der Waals surface area contributed by atoms with Gasteiger partial charge in [0.2, 0.25) is 0 Å². The lowest BCUT2D eigenvalue weighted by molar-refractivity contribution is -0.118. The minimum atomic E-state index is -0.540. The van der Waals surface area contributed by atoms with Crippen LogP contribution < -0.4 is 15.4 Å². The molecule has 0 heterocycles. The quantitative estimate of drug-likeness (QED) is 0.371. The fourth-order valence-electron chi connectivity index (χ4n) is 2.65. The van der Waals surface area contributed by atoms with Crippen LogP contribution in [0.3, 0.4) is 0 Å². The van der Waals surface area contributed by atoms with Crippen molar-refractivity contribution in [3.63, 3.8) is 0 Å². The molecule has 0 aliphatic heterocycles. The van der Waals surface area contributed by atoms with E-state index in [1.165, 1.54) is 6.08 Å². The molecule has 6 nitrogen and oxygen atoms in total. The number of benzene rings is 3. The zero-order chi connectivity index (χ0) is 22.1. The summed E-state index contributed by atoms with van der Waals surface area (Å²) in [6, 6.07) is 24.9. The first kappa shape index (κ1) is 21.8. The van der Waals surface area contributed by atoms with E-state index in [-0.39, 0.29) is 18.1 Å². The Morgan fingerprint density at radius 1 is 0.935 bits per heavy atom. The van der Waals surface area contributed by atoms with E-state index in [0.29, 0.717) is 22.7 Å². The van der Waals surface area contributed by atoms with Crippen LogP contribution >= 0.6 is 15.9 Å². The Morgan fingerprint density at radius 3 is 2.16 bits per heavy atom. The van der Waals surface area contributed by atoms with Gasteiger partial charge in [0.1, 0.15) is 17.4 Å². The average Bonchev–Trinajstić information content (AvgIpc) is 2.78. The zero-order valence-electron chi connectivity index (χ0n) is 16.3. The highest BCUT2D eigenvalue weighted by molar-refractivity contribution is 9.10. The average molecular weight is 476 g/mol. The maximum Gasteiger partial charge on any atom is 0.266 e. The third kappa shape index (κ3) is 6.56. The summed E-state index contributed by atoms with van der Waals surface area (Å²) >= 11 is 3.38. The molecule has 31 heavy (non-hydrogen) atoms. The molecule has 0 atom stereocenters. The van der Waals surface area contributed by atoms with Gasteiger partial charge < -0.3 is 15.4 Å². The van der Waals surface area contributed by atoms with E-state index < -0.39 is 5.91 Å². The molecule has 0 aromatic heterocycles. The fraction of sp³-hybridized carbons (Fsp3) is 0.0417. The van der Waals surface area contributed by atoms with E-state index in [1.54, 1.807) is 54.6 Å². The van der Waals surface area contributed by atoms with E-state index >= 15 is 0 Å². The minimum Gasteiger partial charge on any atom is -0.483 e. The number of para-hydroxylation sites is 2. The number of nitriles is 1. The Hall–Kier alpha value is -3.89. The van der Waals surface area contributed by atoms with Crippen LogP contribution in [0, 0.1) is 11.3 Å². The monoisotopic (exact) mass is 475 g/mol. The summed E-state index contributed by atoms with van der Waals surface area (Å²) in [5, 5.41) is 14.9. The van der Waals surface area contributed by atoms with E-state index in [0.717, 1.165) is 4.47 Å². The Balaban J connectivity index is 1.74. The zero-order valence-corrected chi connectivity index (χ0v) is 17.9. The number of rotatable bonds is 7. The molecule has 0 saturated heterocycles. The predicted octanol–water partition coefficient (Wildman–Crippen LogP) is 5.01. The summed E-state index contributed by atoms with van der Waals surface area (Å²) in [6.07, 6.45) is 1.42. The van der Waals surface area contributed by atoms with Crippen LogP contribution in [0.5, 0.6) is 5.75 Å². The van der Waals surface area contributed by atoms with Crippen molar-refractivity contribution in [2.24, 2.45) is 0 Å². The number of hydrogen-bond donors (Lipinski definition) is 2. The van der Waals surface area contributed by atoms with Gasteiger partial charge in [-0.25, -0.2) is 0 Å². The fourth-order valence-corrected chi connectivity index (χ4v) is 3.03. The van der Waals surface area contributed by atoms with E-state index in [4.69, 9.17) is 4.74 Å². The molecular formula is C24H18BrN3O3. The van der Waals surface area contributed by atoms with Crippen LogP contribution in [-0.4, -0.2) is 18.4 Å². The van der Waals surface area contributed by atoms with Crippen molar-refractivity contribution < 1.29 is 14.3 Å². The largest absolute Gasteiger partial charge is 0.483 e. The molecular weight excluding hydrogens is 458 g/mol. The van der Waals surface area contributed by atoms with Crippen molar-refractivity contribution in [1.82, 2.24) is 0 Å². The smallest absolute Gasteiger partial charge is 0.266 e. The van der Waals surface area contributed by atoms with Crippen molar-refractivity contribution >= 4 is 45.2 Å². The molecule has 0 spiro atoms. The lowest BCUT2D eigenvalue weighted by Crippen LogP contribution is -2.20. The van der Waals surface area contributed by atoms with E-state index in [9.17, 15) is 14.9 Å². The molecule has 3 aromatic rings. The van der Waals surface area contributed by atoms with Crippen LogP contribution in [0.1, 0.15) is 5.56 Å². The molecule has 0 radical (unpaired) electrons. The molecule has 7 heteroatoms. The molecule has 0 aliphatic rings. The molecule has 154 valence electrons. The first-order valence-corrected chi connectivity index (χ1v) is 10.1. The number of carbonyl (C=O) groups excluding carboxylic acids is 2. The third-order valence-electron chi connectivity index (χ3n) is 4.08. The molecule has 3 aromatic carbocycles. The van der Waals surface area contributed by atoms with Gasteiger partial charge in [-0.05, 0) is 48.5 Å². The van der Waals surface area contributed by atoms with Crippen molar-refractivity contribution in [3.8, 4) is 11.8 Å². The van der Waals surface area contributed by atoms with Crippen molar-refractivity contribution in [2.75, 3.05) is 17.2 Å². The molecule has 0 aliphatic carbocycles. The van der Waals surface area contributed by atoms with Gasteiger partial charge in [-0.15, -0.1) is 0 Å². The number of nitrogens with zero attached hydrogens (tertiary/aromatic N) is 1. The van der Waals surface area contributed by atoms with Gasteiger partial charge in [0.05, 0.1) is 0 Å². The Bertz CT molecular complexity index is 1140. The third-order valence-corrected chi connectivity index (χ3v) is 4.58. The molecule has 2 amide bonds. The Kier molecular flexibility index (Phi) is 7.57. The highest BCUT2D eigenvalue weighted by Crippen LogP contribution is 2.26. The van der Waals surface area contributed by atoms with Crippen LogP contribution in [-0.2, 0) is 9.59 Å². The Labute approximate surface area is 188 Å². The molecule has 0 fully saturated rings. The maximum atomic E-state index is 12.5. The SMILES string of the molecule is N#C/C(=C\c1cc(Br)ccc1OCC(=O)Nc1ccccc1)C(=O)Nc1ccccc1. The van der Waals surface area contributed by atoms with Crippen LogP contribution in [0.15, 0.2) is 88.9 Å². The second-order valence-corrected chi connectivity index (χ2v) is 7.29. The summed E-state index contributed by atoms with van der Waals surface area (Å²) < 4.78 is 6.39. The lowest BCUT2D eigenvalue weighted by atomic mass is 10.1. The van der Waals surface area contributed by atoms with Gasteiger partial charge >= 0.3 is 0 Å². The highest BCUT2D eigenvalue weighted by atomic mass is 79.9. The normalized spacial score (nSPS) is 10.6. The van der Waals surface area contributed by atoms with Crippen molar-refractivity contribution in [3.05, 3.63) is 94.5 Å². The van der Waals surface area contributed by atoms with Gasteiger partial charge in [-0.3, -0.25) is 9.59 Å². The second kappa shape index (κ2) is 10.8. The number of nitrogens with one attached hydrogen (secondary N) is 2. The first-order chi connectivity index (χ1) is 15.0. The van der Waals surface area contributed by atoms with Crippen LogP contribution in [0.4, 0.5) is 11.4 Å². The molecule has 0 bridgehead atoms. The molecule has 2 N–H and O–H groups in total. The van der Waals surface area contributed by atoms with E-state index in [1.807, 2.05) is 30.3 Å².